The van der Waals surface area contributed by atoms with Gasteiger partial charge in [-0.1, -0.05) is 47.0 Å². The van der Waals surface area contributed by atoms with Gasteiger partial charge in [0.1, 0.15) is 0 Å². The fourth-order valence-corrected chi connectivity index (χ4v) is 6.50. The van der Waals surface area contributed by atoms with Crippen molar-refractivity contribution in [1.29, 1.82) is 0 Å². The quantitative estimate of drug-likeness (QED) is 0.639. The lowest BCUT2D eigenvalue weighted by molar-refractivity contribution is -0.173. The summed E-state index contributed by atoms with van der Waals surface area (Å²) in [6, 6.07) is 0. The summed E-state index contributed by atoms with van der Waals surface area (Å²) in [5, 5.41) is 0. The lowest BCUT2D eigenvalue weighted by Gasteiger charge is -2.68. The minimum Gasteiger partial charge on any atom is -0.291 e. The number of nitrogens with zero attached hydrogens (tertiary/aromatic N) is 1. The van der Waals surface area contributed by atoms with E-state index in [0.717, 1.165) is 6.54 Å². The van der Waals surface area contributed by atoms with Crippen molar-refractivity contribution in [2.75, 3.05) is 6.54 Å². The fourth-order valence-electron chi connectivity index (χ4n) is 6.50. The zero-order valence-electron chi connectivity index (χ0n) is 14.3. The van der Waals surface area contributed by atoms with E-state index >= 15 is 0 Å². The molecular weight excluding hydrogens is 242 g/mol. The van der Waals surface area contributed by atoms with Crippen molar-refractivity contribution in [3.63, 3.8) is 0 Å². The van der Waals surface area contributed by atoms with Crippen LogP contribution in [-0.2, 0) is 0 Å². The number of rotatable bonds is 4. The predicted octanol–water partition coefficient (Wildman–Crippen LogP) is 5.68. The molecule has 0 aromatic heterocycles. The Morgan fingerprint density at radius 1 is 0.800 bits per heavy atom. The van der Waals surface area contributed by atoms with E-state index in [1.54, 1.807) is 0 Å². The van der Waals surface area contributed by atoms with Gasteiger partial charge in [-0.3, -0.25) is 4.90 Å². The van der Waals surface area contributed by atoms with Gasteiger partial charge in [-0.15, -0.1) is 0 Å². The summed E-state index contributed by atoms with van der Waals surface area (Å²) >= 11 is 0. The van der Waals surface area contributed by atoms with Crippen LogP contribution in [0.2, 0.25) is 0 Å². The number of hydrogen-bond donors (Lipinski definition) is 0. The van der Waals surface area contributed by atoms with Gasteiger partial charge in [0.05, 0.1) is 0 Å². The normalized spacial score (nSPS) is 28.6. The van der Waals surface area contributed by atoms with Crippen LogP contribution in [0.5, 0.6) is 0 Å². The van der Waals surface area contributed by atoms with Crippen molar-refractivity contribution < 1.29 is 0 Å². The largest absolute Gasteiger partial charge is 0.291 e. The summed E-state index contributed by atoms with van der Waals surface area (Å²) < 4.78 is 0. The minimum atomic E-state index is 0.214. The first-order chi connectivity index (χ1) is 9.58. The molecule has 1 heteroatoms. The van der Waals surface area contributed by atoms with Crippen LogP contribution in [0.1, 0.15) is 91.9 Å². The Kier molecular flexibility index (Phi) is 4.89. The molecule has 0 N–H and O–H groups in total. The van der Waals surface area contributed by atoms with Gasteiger partial charge >= 0.3 is 0 Å². The highest BCUT2D eigenvalue weighted by atomic mass is 15.2. The smallest absolute Gasteiger partial charge is 0.0445 e. The summed E-state index contributed by atoms with van der Waals surface area (Å²) in [6.07, 6.45) is 13.5. The molecule has 0 atom stereocenters. The molecule has 1 saturated heterocycles. The number of hydrogen-bond acceptors (Lipinski definition) is 1. The van der Waals surface area contributed by atoms with E-state index in [-0.39, 0.29) is 5.54 Å². The maximum atomic E-state index is 6.59. The summed E-state index contributed by atoms with van der Waals surface area (Å²) in [5.41, 5.74) is 1.19. The SMILES string of the molecule is [CH]N1CCC2(CCCCC2)C(CC)(CC)C1(CC)CC. The van der Waals surface area contributed by atoms with Crippen LogP contribution in [-0.4, -0.2) is 17.0 Å². The molecule has 1 nitrogen and oxygen atoms in total. The van der Waals surface area contributed by atoms with Gasteiger partial charge in [0.25, 0.3) is 0 Å². The third kappa shape index (κ3) is 1.91. The zero-order chi connectivity index (χ0) is 14.9. The molecule has 1 aliphatic carbocycles. The van der Waals surface area contributed by atoms with E-state index in [0.29, 0.717) is 10.8 Å². The average Bonchev–Trinajstić information content (AvgIpc) is 2.51. The number of piperidine rings is 1. The maximum absolute atomic E-state index is 6.59. The Labute approximate surface area is 127 Å². The second-order valence-corrected chi connectivity index (χ2v) is 7.31. The second kappa shape index (κ2) is 5.99. The van der Waals surface area contributed by atoms with Crippen LogP contribution in [0, 0.1) is 17.9 Å². The Bertz CT molecular complexity index is 306. The van der Waals surface area contributed by atoms with E-state index in [1.165, 1.54) is 64.2 Å². The molecule has 0 unspecified atom stereocenters. The van der Waals surface area contributed by atoms with Gasteiger partial charge < -0.3 is 0 Å². The van der Waals surface area contributed by atoms with Crippen LogP contribution in [0.3, 0.4) is 0 Å². The molecule has 20 heavy (non-hydrogen) atoms. The van der Waals surface area contributed by atoms with Gasteiger partial charge in [-0.25, -0.2) is 0 Å². The molecule has 2 radical (unpaired) electrons. The first-order valence-corrected chi connectivity index (χ1v) is 9.10. The maximum Gasteiger partial charge on any atom is 0.0445 e. The third-order valence-electron chi connectivity index (χ3n) is 7.47. The standard InChI is InChI=1S/C19H35N/c1-6-18(7-2)17(13-11-10-12-14-17)15-16-20(5)19(18,8-3)9-4/h5H,6-16H2,1-4H3. The molecular formula is C19H35N. The minimum absolute atomic E-state index is 0.214. The molecule has 116 valence electrons. The highest BCUT2D eigenvalue weighted by molar-refractivity contribution is 5.15. The van der Waals surface area contributed by atoms with Crippen molar-refractivity contribution in [3.8, 4) is 0 Å². The molecule has 1 spiro atoms. The molecule has 1 heterocycles. The van der Waals surface area contributed by atoms with Crippen molar-refractivity contribution in [2.45, 2.75) is 97.4 Å². The van der Waals surface area contributed by atoms with Crippen LogP contribution in [0.15, 0.2) is 0 Å². The molecule has 2 aliphatic rings. The summed E-state index contributed by atoms with van der Waals surface area (Å²) in [4.78, 5) is 2.25. The molecule has 1 saturated carbocycles. The first kappa shape index (κ1) is 16.3. The van der Waals surface area contributed by atoms with E-state index in [2.05, 4.69) is 32.6 Å². The fraction of sp³-hybridized carbons (Fsp3) is 0.947. The molecule has 1 aliphatic heterocycles. The Hall–Kier alpha value is -0.0400. The lowest BCUT2D eigenvalue weighted by Crippen LogP contribution is -2.68. The topological polar surface area (TPSA) is 3.24 Å². The summed E-state index contributed by atoms with van der Waals surface area (Å²) in [5.74, 6) is 0. The van der Waals surface area contributed by atoms with Crippen molar-refractivity contribution >= 4 is 0 Å². The second-order valence-electron chi connectivity index (χ2n) is 7.31. The highest BCUT2D eigenvalue weighted by Gasteiger charge is 2.62. The first-order valence-electron chi connectivity index (χ1n) is 9.10. The number of likely N-dealkylation sites (tertiary alicyclic amines) is 1. The van der Waals surface area contributed by atoms with Crippen LogP contribution in [0.4, 0.5) is 0 Å². The van der Waals surface area contributed by atoms with Gasteiger partial charge in [0.15, 0.2) is 0 Å². The monoisotopic (exact) mass is 277 g/mol. The van der Waals surface area contributed by atoms with Crippen molar-refractivity contribution in [1.82, 2.24) is 4.90 Å². The Morgan fingerprint density at radius 2 is 1.35 bits per heavy atom. The molecule has 0 amide bonds. The van der Waals surface area contributed by atoms with Gasteiger partial charge in [-0.2, -0.15) is 0 Å². The summed E-state index contributed by atoms with van der Waals surface area (Å²) in [6.45, 7) is 10.7. The van der Waals surface area contributed by atoms with Gasteiger partial charge in [0, 0.05) is 12.6 Å². The van der Waals surface area contributed by atoms with Crippen LogP contribution < -0.4 is 0 Å². The van der Waals surface area contributed by atoms with Crippen LogP contribution in [0.25, 0.3) is 0 Å². The Balaban J connectivity index is 2.53. The average molecular weight is 277 g/mol. The van der Waals surface area contributed by atoms with Gasteiger partial charge in [0.2, 0.25) is 0 Å². The van der Waals surface area contributed by atoms with E-state index in [4.69, 9.17) is 7.05 Å². The van der Waals surface area contributed by atoms with E-state index < -0.39 is 0 Å². The highest BCUT2D eigenvalue weighted by Crippen LogP contribution is 2.65. The van der Waals surface area contributed by atoms with E-state index in [1.807, 2.05) is 0 Å². The lowest BCUT2D eigenvalue weighted by atomic mass is 9.43. The molecule has 2 fully saturated rings. The zero-order valence-corrected chi connectivity index (χ0v) is 14.3. The molecule has 2 rings (SSSR count). The molecule has 0 bridgehead atoms. The van der Waals surface area contributed by atoms with Crippen LogP contribution >= 0.6 is 0 Å². The van der Waals surface area contributed by atoms with Crippen molar-refractivity contribution in [2.24, 2.45) is 10.8 Å². The molecule has 0 aromatic carbocycles. The van der Waals surface area contributed by atoms with Gasteiger partial charge in [-0.05, 0) is 62.3 Å². The summed E-state index contributed by atoms with van der Waals surface area (Å²) in [7, 11) is 6.59. The predicted molar refractivity (Wildman–Crippen MR) is 87.5 cm³/mol. The van der Waals surface area contributed by atoms with E-state index in [9.17, 15) is 0 Å². The molecule has 0 aromatic rings. The third-order valence-corrected chi connectivity index (χ3v) is 7.47. The Morgan fingerprint density at radius 3 is 1.80 bits per heavy atom. The van der Waals surface area contributed by atoms with Crippen molar-refractivity contribution in [3.05, 3.63) is 7.05 Å².